The van der Waals surface area contributed by atoms with Crippen molar-refractivity contribution in [2.24, 2.45) is 23.7 Å². The molecule has 9 heteroatoms. The van der Waals surface area contributed by atoms with Gasteiger partial charge < -0.3 is 24.8 Å². The molecule has 2 saturated carbocycles. The molecule has 1 heterocycles. The first-order chi connectivity index (χ1) is 15.9. The third-order valence-electron chi connectivity index (χ3n) is 6.87. The van der Waals surface area contributed by atoms with Gasteiger partial charge in [-0.15, -0.1) is 0 Å². The summed E-state index contributed by atoms with van der Waals surface area (Å²) in [4.78, 5) is 38.3. The SMILES string of the molecule is COc1ccc(OC)c(NC(=O)c2cccc(NC(=O)[C@@H]3[C@H]4C[C@H]5[C@H](OC(=O)[C@H]53)[C@@H]4Br)c2)c1. The average Bonchev–Trinajstić information content (AvgIpc) is 3.43. The minimum absolute atomic E-state index is 0.00379. The fraction of sp³-hybridized carbons (Fsp3) is 0.375. The van der Waals surface area contributed by atoms with Crippen molar-refractivity contribution in [2.45, 2.75) is 17.4 Å². The van der Waals surface area contributed by atoms with Crippen LogP contribution in [0.1, 0.15) is 16.8 Å². The van der Waals surface area contributed by atoms with Gasteiger partial charge in [0, 0.05) is 23.2 Å². The number of alkyl halides is 1. The molecular formula is C24H23BrN2O6. The van der Waals surface area contributed by atoms with Gasteiger partial charge in [-0.3, -0.25) is 14.4 Å². The maximum absolute atomic E-state index is 13.1. The first kappa shape index (κ1) is 21.8. The summed E-state index contributed by atoms with van der Waals surface area (Å²) in [5.41, 5.74) is 1.32. The third kappa shape index (κ3) is 3.64. The molecular weight excluding hydrogens is 492 g/mol. The predicted octanol–water partition coefficient (Wildman–Crippen LogP) is 3.47. The summed E-state index contributed by atoms with van der Waals surface area (Å²) in [6.07, 6.45) is 0.678. The van der Waals surface area contributed by atoms with E-state index in [1.165, 1.54) is 7.11 Å². The number of amides is 2. The highest BCUT2D eigenvalue weighted by atomic mass is 79.9. The summed E-state index contributed by atoms with van der Waals surface area (Å²) in [5.74, 6) is -0.464. The predicted molar refractivity (Wildman–Crippen MR) is 124 cm³/mol. The van der Waals surface area contributed by atoms with Gasteiger partial charge in [-0.25, -0.2) is 0 Å². The summed E-state index contributed by atoms with van der Waals surface area (Å²) in [7, 11) is 3.06. The molecule has 172 valence electrons. The normalized spacial score (nSPS) is 28.9. The molecule has 3 aliphatic rings. The zero-order chi connectivity index (χ0) is 23.3. The zero-order valence-electron chi connectivity index (χ0n) is 18.0. The molecule has 33 heavy (non-hydrogen) atoms. The summed E-state index contributed by atoms with van der Waals surface area (Å²) >= 11 is 3.63. The van der Waals surface area contributed by atoms with E-state index >= 15 is 0 Å². The van der Waals surface area contributed by atoms with E-state index < -0.39 is 5.92 Å². The van der Waals surface area contributed by atoms with E-state index in [2.05, 4.69) is 26.6 Å². The molecule has 2 N–H and O–H groups in total. The van der Waals surface area contributed by atoms with Gasteiger partial charge in [0.25, 0.3) is 5.91 Å². The Balaban J connectivity index is 1.31. The standard InChI is InChI=1S/C24H23BrN2O6/c1-31-13-6-7-17(32-2)16(9-13)27-22(28)11-4-3-5-12(8-11)26-23(29)18-14-10-15-19(18)24(30)33-21(15)20(14)25/h3-9,14-15,18-21H,10H2,1-2H3,(H,26,29)(H,27,28)/t14-,15-,18-,19-,20-,21+/m1/s1. The molecule has 2 aromatic carbocycles. The molecule has 1 saturated heterocycles. The molecule has 2 bridgehead atoms. The number of hydrogen-bond donors (Lipinski definition) is 2. The van der Waals surface area contributed by atoms with Crippen LogP contribution in [0.4, 0.5) is 11.4 Å². The van der Waals surface area contributed by atoms with Gasteiger partial charge >= 0.3 is 5.97 Å². The number of benzene rings is 2. The van der Waals surface area contributed by atoms with Gasteiger partial charge in [-0.1, -0.05) is 22.0 Å². The number of ether oxygens (including phenoxy) is 3. The van der Waals surface area contributed by atoms with Crippen LogP contribution in [0.3, 0.4) is 0 Å². The van der Waals surface area contributed by atoms with Crippen LogP contribution in [0.15, 0.2) is 42.5 Å². The molecule has 2 aliphatic carbocycles. The minimum Gasteiger partial charge on any atom is -0.497 e. The second kappa shape index (κ2) is 8.37. The number of hydrogen-bond acceptors (Lipinski definition) is 6. The Morgan fingerprint density at radius 2 is 1.88 bits per heavy atom. The first-order valence-electron chi connectivity index (χ1n) is 10.7. The molecule has 1 aliphatic heterocycles. The lowest BCUT2D eigenvalue weighted by molar-refractivity contribution is -0.145. The van der Waals surface area contributed by atoms with E-state index in [9.17, 15) is 14.4 Å². The molecule has 0 unspecified atom stereocenters. The minimum atomic E-state index is -0.441. The van der Waals surface area contributed by atoms with Crippen LogP contribution in [-0.4, -0.2) is 42.9 Å². The number of methoxy groups -OCH3 is 2. The molecule has 8 nitrogen and oxygen atoms in total. The number of carbonyl (C=O) groups is 3. The number of anilines is 2. The average molecular weight is 515 g/mol. The van der Waals surface area contributed by atoms with Crippen LogP contribution >= 0.6 is 15.9 Å². The molecule has 5 rings (SSSR count). The van der Waals surface area contributed by atoms with E-state index in [1.807, 2.05) is 0 Å². The van der Waals surface area contributed by atoms with Crippen molar-refractivity contribution in [1.29, 1.82) is 0 Å². The molecule has 0 aromatic heterocycles. The topological polar surface area (TPSA) is 103 Å². The van der Waals surface area contributed by atoms with Crippen molar-refractivity contribution in [3.05, 3.63) is 48.0 Å². The molecule has 0 spiro atoms. The molecule has 2 aromatic rings. The fourth-order valence-electron chi connectivity index (χ4n) is 5.40. The van der Waals surface area contributed by atoms with Crippen molar-refractivity contribution >= 4 is 45.1 Å². The number of carbonyl (C=O) groups excluding carboxylic acids is 3. The quantitative estimate of drug-likeness (QED) is 0.451. The largest absolute Gasteiger partial charge is 0.497 e. The highest BCUT2D eigenvalue weighted by Crippen LogP contribution is 2.60. The molecule has 2 amide bonds. The van der Waals surface area contributed by atoms with Crippen molar-refractivity contribution < 1.29 is 28.6 Å². The van der Waals surface area contributed by atoms with Crippen molar-refractivity contribution in [1.82, 2.24) is 0 Å². The first-order valence-corrected chi connectivity index (χ1v) is 11.6. The van der Waals surface area contributed by atoms with Gasteiger partial charge in [-0.05, 0) is 42.7 Å². The van der Waals surface area contributed by atoms with Gasteiger partial charge in [-0.2, -0.15) is 0 Å². The van der Waals surface area contributed by atoms with Crippen LogP contribution in [0.5, 0.6) is 11.5 Å². The highest BCUT2D eigenvalue weighted by molar-refractivity contribution is 9.09. The Hall–Kier alpha value is -3.07. The van der Waals surface area contributed by atoms with Crippen LogP contribution in [0.2, 0.25) is 0 Å². The van der Waals surface area contributed by atoms with Crippen molar-refractivity contribution in [3.63, 3.8) is 0 Å². The zero-order valence-corrected chi connectivity index (χ0v) is 19.6. The third-order valence-corrected chi connectivity index (χ3v) is 8.07. The Bertz CT molecular complexity index is 1140. The van der Waals surface area contributed by atoms with Crippen LogP contribution in [0, 0.1) is 23.7 Å². The number of fused-ring (bicyclic) bond motifs is 1. The molecule has 3 fully saturated rings. The second-order valence-corrected chi connectivity index (χ2v) is 9.61. The molecule has 0 radical (unpaired) electrons. The summed E-state index contributed by atoms with van der Waals surface area (Å²) in [5, 5.41) is 5.72. The maximum atomic E-state index is 13.1. The van der Waals surface area contributed by atoms with Gasteiger partial charge in [0.2, 0.25) is 5.91 Å². The van der Waals surface area contributed by atoms with E-state index in [0.717, 1.165) is 6.42 Å². The van der Waals surface area contributed by atoms with E-state index in [-0.39, 0.29) is 46.5 Å². The number of nitrogens with one attached hydrogen (secondary N) is 2. The van der Waals surface area contributed by atoms with E-state index in [4.69, 9.17) is 14.2 Å². The summed E-state index contributed by atoms with van der Waals surface area (Å²) < 4.78 is 16.0. The Kier molecular flexibility index (Phi) is 5.52. The summed E-state index contributed by atoms with van der Waals surface area (Å²) in [6, 6.07) is 11.8. The van der Waals surface area contributed by atoms with E-state index in [0.29, 0.717) is 28.4 Å². The smallest absolute Gasteiger partial charge is 0.310 e. The Morgan fingerprint density at radius 1 is 1.06 bits per heavy atom. The van der Waals surface area contributed by atoms with Crippen molar-refractivity contribution in [3.8, 4) is 11.5 Å². The summed E-state index contributed by atoms with van der Waals surface area (Å²) in [6.45, 7) is 0. The Morgan fingerprint density at radius 3 is 2.64 bits per heavy atom. The van der Waals surface area contributed by atoms with Gasteiger partial charge in [0.15, 0.2) is 0 Å². The Labute approximate surface area is 199 Å². The monoisotopic (exact) mass is 514 g/mol. The van der Waals surface area contributed by atoms with Gasteiger partial charge in [0.05, 0.1) is 36.6 Å². The lowest BCUT2D eigenvalue weighted by Crippen LogP contribution is -2.40. The van der Waals surface area contributed by atoms with Crippen LogP contribution in [0.25, 0.3) is 0 Å². The number of rotatable bonds is 6. The van der Waals surface area contributed by atoms with Gasteiger partial charge in [0.1, 0.15) is 17.6 Å². The number of esters is 1. The maximum Gasteiger partial charge on any atom is 0.310 e. The molecule has 6 atom stereocenters. The number of halogens is 1. The van der Waals surface area contributed by atoms with Crippen LogP contribution in [-0.2, 0) is 14.3 Å². The lowest BCUT2D eigenvalue weighted by atomic mass is 9.79. The second-order valence-electron chi connectivity index (χ2n) is 8.55. The van der Waals surface area contributed by atoms with E-state index in [1.54, 1.807) is 49.6 Å². The van der Waals surface area contributed by atoms with Crippen molar-refractivity contribution in [2.75, 3.05) is 24.9 Å². The van der Waals surface area contributed by atoms with Crippen LogP contribution < -0.4 is 20.1 Å². The highest BCUT2D eigenvalue weighted by Gasteiger charge is 2.67. The lowest BCUT2D eigenvalue weighted by Gasteiger charge is -2.27. The fourth-order valence-corrected chi connectivity index (χ4v) is 6.45.